The van der Waals surface area contributed by atoms with Gasteiger partial charge in [-0.15, -0.1) is 0 Å². The topological polar surface area (TPSA) is 84.9 Å². The molecule has 0 saturated carbocycles. The first kappa shape index (κ1) is 18.5. The molecule has 0 radical (unpaired) electrons. The van der Waals surface area contributed by atoms with Crippen molar-refractivity contribution in [3.05, 3.63) is 28.2 Å². The van der Waals surface area contributed by atoms with Crippen LogP contribution in [0.5, 0.6) is 0 Å². The average molecular weight is 413 g/mol. The van der Waals surface area contributed by atoms with Gasteiger partial charge in [0.25, 0.3) is 0 Å². The highest BCUT2D eigenvalue weighted by atomic mass is 35.5. The number of ether oxygens (including phenoxy) is 2. The van der Waals surface area contributed by atoms with Crippen LogP contribution in [0.2, 0.25) is 10.0 Å². The summed E-state index contributed by atoms with van der Waals surface area (Å²) in [6, 6.07) is 4.69. The molecular weight excluding hydrogens is 395 g/mol. The number of halogens is 2. The Hall–Kier alpha value is -1.83. The van der Waals surface area contributed by atoms with E-state index in [9.17, 15) is 14.4 Å². The van der Waals surface area contributed by atoms with Crippen molar-refractivity contribution in [2.45, 2.75) is 31.5 Å². The zero-order valence-corrected chi connectivity index (χ0v) is 15.8. The summed E-state index contributed by atoms with van der Waals surface area (Å²) in [4.78, 5) is 38.1. The predicted octanol–water partition coefficient (Wildman–Crippen LogP) is 3.09. The van der Waals surface area contributed by atoms with Crippen molar-refractivity contribution in [1.29, 1.82) is 0 Å². The molecular formula is C18H18Cl2N2O5. The van der Waals surface area contributed by atoms with E-state index in [1.54, 1.807) is 12.1 Å². The minimum Gasteiger partial charge on any atom is -0.449 e. The van der Waals surface area contributed by atoms with Gasteiger partial charge in [-0.25, -0.2) is 4.79 Å². The number of nitrogens with zero attached hydrogens (tertiary/aromatic N) is 1. The van der Waals surface area contributed by atoms with Gasteiger partial charge in [0.15, 0.2) is 0 Å². The average Bonchev–Trinajstić information content (AvgIpc) is 3.31. The molecule has 4 rings (SSSR count). The summed E-state index contributed by atoms with van der Waals surface area (Å²) in [5, 5.41) is 3.25. The van der Waals surface area contributed by atoms with Gasteiger partial charge in [-0.2, -0.15) is 0 Å². The van der Waals surface area contributed by atoms with Crippen molar-refractivity contribution >= 4 is 46.8 Å². The molecule has 0 spiro atoms. The molecule has 3 fully saturated rings. The quantitative estimate of drug-likeness (QED) is 0.593. The van der Waals surface area contributed by atoms with E-state index in [2.05, 4.69) is 5.32 Å². The van der Waals surface area contributed by atoms with Gasteiger partial charge in [0.05, 0.1) is 40.7 Å². The third kappa shape index (κ3) is 3.39. The van der Waals surface area contributed by atoms with E-state index >= 15 is 0 Å². The smallest absolute Gasteiger partial charge is 0.411 e. The number of fused-ring (bicyclic) bond motifs is 5. The van der Waals surface area contributed by atoms with Gasteiger partial charge >= 0.3 is 6.09 Å². The lowest BCUT2D eigenvalue weighted by Crippen LogP contribution is -2.35. The third-order valence-electron chi connectivity index (χ3n) is 5.30. The van der Waals surface area contributed by atoms with E-state index in [0.717, 1.165) is 12.8 Å². The number of carbonyl (C=O) groups excluding carboxylic acids is 3. The largest absolute Gasteiger partial charge is 0.449 e. The van der Waals surface area contributed by atoms with Crippen LogP contribution >= 0.6 is 23.2 Å². The predicted molar refractivity (Wildman–Crippen MR) is 97.6 cm³/mol. The highest BCUT2D eigenvalue weighted by Gasteiger charge is 2.62. The number of nitrogens with one attached hydrogen (secondary N) is 1. The summed E-state index contributed by atoms with van der Waals surface area (Å²) in [6.45, 7) is 0.326. The molecule has 3 aliphatic heterocycles. The van der Waals surface area contributed by atoms with Crippen LogP contribution in [0.4, 0.5) is 10.5 Å². The van der Waals surface area contributed by atoms with Gasteiger partial charge in [-0.3, -0.25) is 19.8 Å². The summed E-state index contributed by atoms with van der Waals surface area (Å²) < 4.78 is 10.8. The van der Waals surface area contributed by atoms with Crippen LogP contribution in [0.15, 0.2) is 18.2 Å². The number of rotatable bonds is 5. The van der Waals surface area contributed by atoms with Gasteiger partial charge in [-0.05, 0) is 37.5 Å². The lowest BCUT2D eigenvalue weighted by Gasteiger charge is -2.17. The standard InChI is InChI=1S/C18H18Cl2N2O5/c19-10-3-2-9(8-11(10)20)21-18(25)26-7-1-6-22-16(23)14-12-4-5-13(27-12)15(14)17(22)24/h2-3,8,12-15H,1,4-7H2,(H,21,25). The van der Waals surface area contributed by atoms with Gasteiger partial charge in [-0.1, -0.05) is 23.2 Å². The number of carbonyl (C=O) groups is 3. The van der Waals surface area contributed by atoms with Crippen LogP contribution in [-0.4, -0.2) is 48.2 Å². The van der Waals surface area contributed by atoms with E-state index in [4.69, 9.17) is 32.7 Å². The second-order valence-electron chi connectivity index (χ2n) is 6.91. The fourth-order valence-corrected chi connectivity index (χ4v) is 4.41. The van der Waals surface area contributed by atoms with Crippen LogP contribution in [0.3, 0.4) is 0 Å². The molecule has 4 atom stereocenters. The number of amides is 3. The first-order valence-electron chi connectivity index (χ1n) is 8.85. The molecule has 1 aromatic rings. The minimum atomic E-state index is -0.643. The summed E-state index contributed by atoms with van der Waals surface area (Å²) in [7, 11) is 0. The SMILES string of the molecule is O=C(Nc1ccc(Cl)c(Cl)c1)OCCCN1C(=O)C2C3CCC(O3)C2C1=O. The molecule has 0 aromatic heterocycles. The number of benzene rings is 1. The van der Waals surface area contributed by atoms with Crippen LogP contribution in [0, 0.1) is 11.8 Å². The molecule has 9 heteroatoms. The molecule has 3 amide bonds. The van der Waals surface area contributed by atoms with Gasteiger partial charge in [0, 0.05) is 12.2 Å². The maximum absolute atomic E-state index is 12.5. The molecule has 2 bridgehead atoms. The third-order valence-corrected chi connectivity index (χ3v) is 6.04. The van der Waals surface area contributed by atoms with E-state index in [-0.39, 0.29) is 49.0 Å². The fourth-order valence-electron chi connectivity index (χ4n) is 4.11. The summed E-state index contributed by atoms with van der Waals surface area (Å²) in [5.41, 5.74) is 0.461. The van der Waals surface area contributed by atoms with E-state index in [1.165, 1.54) is 11.0 Å². The maximum Gasteiger partial charge on any atom is 0.411 e. The Morgan fingerprint density at radius 3 is 2.44 bits per heavy atom. The zero-order chi connectivity index (χ0) is 19.1. The highest BCUT2D eigenvalue weighted by Crippen LogP contribution is 2.48. The molecule has 1 aromatic carbocycles. The molecule has 4 unspecified atom stereocenters. The van der Waals surface area contributed by atoms with Crippen molar-refractivity contribution in [3.63, 3.8) is 0 Å². The Balaban J connectivity index is 1.23. The van der Waals surface area contributed by atoms with Gasteiger partial charge in [0.1, 0.15) is 0 Å². The van der Waals surface area contributed by atoms with Crippen molar-refractivity contribution in [3.8, 4) is 0 Å². The maximum atomic E-state index is 12.5. The lowest BCUT2D eigenvalue weighted by molar-refractivity contribution is -0.142. The van der Waals surface area contributed by atoms with Gasteiger partial charge in [0.2, 0.25) is 11.8 Å². The second-order valence-corrected chi connectivity index (χ2v) is 7.73. The van der Waals surface area contributed by atoms with E-state index < -0.39 is 6.09 Å². The van der Waals surface area contributed by atoms with E-state index in [1.807, 2.05) is 0 Å². The van der Waals surface area contributed by atoms with Crippen molar-refractivity contribution in [2.75, 3.05) is 18.5 Å². The Morgan fingerprint density at radius 1 is 1.15 bits per heavy atom. The molecule has 3 aliphatic rings. The lowest BCUT2D eigenvalue weighted by atomic mass is 9.81. The zero-order valence-electron chi connectivity index (χ0n) is 14.3. The van der Waals surface area contributed by atoms with Crippen LogP contribution in [0.25, 0.3) is 0 Å². The fraction of sp³-hybridized carbons (Fsp3) is 0.500. The van der Waals surface area contributed by atoms with Crippen LogP contribution in [0.1, 0.15) is 19.3 Å². The van der Waals surface area contributed by atoms with Crippen molar-refractivity contribution < 1.29 is 23.9 Å². The molecule has 1 N–H and O–H groups in total. The summed E-state index contributed by atoms with van der Waals surface area (Å²) in [5.74, 6) is -0.958. The Labute approximate surface area is 165 Å². The van der Waals surface area contributed by atoms with Crippen LogP contribution in [-0.2, 0) is 19.1 Å². The number of hydrogen-bond acceptors (Lipinski definition) is 5. The molecule has 3 saturated heterocycles. The molecule has 0 aliphatic carbocycles. The molecule has 144 valence electrons. The monoisotopic (exact) mass is 412 g/mol. The van der Waals surface area contributed by atoms with Crippen LogP contribution < -0.4 is 5.32 Å². The number of imide groups is 1. The highest BCUT2D eigenvalue weighted by molar-refractivity contribution is 6.42. The Bertz CT molecular complexity index is 774. The van der Waals surface area contributed by atoms with Crippen molar-refractivity contribution in [2.24, 2.45) is 11.8 Å². The summed E-state index contributed by atoms with van der Waals surface area (Å²) in [6.07, 6.45) is 1.19. The molecule has 7 nitrogen and oxygen atoms in total. The second kappa shape index (κ2) is 7.30. The number of hydrogen-bond donors (Lipinski definition) is 1. The van der Waals surface area contributed by atoms with Gasteiger partial charge < -0.3 is 9.47 Å². The molecule has 3 heterocycles. The number of anilines is 1. The summed E-state index contributed by atoms with van der Waals surface area (Å²) >= 11 is 11.7. The van der Waals surface area contributed by atoms with E-state index in [0.29, 0.717) is 22.2 Å². The first-order valence-corrected chi connectivity index (χ1v) is 9.61. The Morgan fingerprint density at radius 2 is 1.81 bits per heavy atom. The Kier molecular flexibility index (Phi) is 5.01. The van der Waals surface area contributed by atoms with Crippen molar-refractivity contribution in [1.82, 2.24) is 4.90 Å². The minimum absolute atomic E-state index is 0.0862. The normalized spacial score (nSPS) is 28.6. The molecule has 27 heavy (non-hydrogen) atoms. The number of likely N-dealkylation sites (tertiary alicyclic amines) is 1. The first-order chi connectivity index (χ1) is 13.0.